The summed E-state index contributed by atoms with van der Waals surface area (Å²) in [5.74, 6) is 0. The normalized spacial score (nSPS) is 4.73. The van der Waals surface area contributed by atoms with Gasteiger partial charge in [0.05, 0.1) is 0 Å². The van der Waals surface area contributed by atoms with E-state index in [4.69, 9.17) is 30.0 Å². The van der Waals surface area contributed by atoms with Gasteiger partial charge < -0.3 is 20.4 Å². The van der Waals surface area contributed by atoms with Gasteiger partial charge in [0, 0.05) is 0 Å². The Morgan fingerprint density at radius 3 is 0.818 bits per heavy atom. The summed E-state index contributed by atoms with van der Waals surface area (Å²) in [5.41, 5.74) is 0. The number of rotatable bonds is 0. The van der Waals surface area contributed by atoms with Crippen molar-refractivity contribution in [3.8, 4) is 0 Å². The van der Waals surface area contributed by atoms with E-state index in [1.807, 2.05) is 0 Å². The Kier molecular flexibility index (Phi) is 47.4. The summed E-state index contributed by atoms with van der Waals surface area (Å²) in [6.45, 7) is 6.00. The van der Waals surface area contributed by atoms with Crippen molar-refractivity contribution in [1.29, 1.82) is 0 Å². The zero-order chi connectivity index (χ0) is 9.15. The van der Waals surface area contributed by atoms with Crippen molar-refractivity contribution in [3.63, 3.8) is 0 Å². The molecule has 0 aromatic carbocycles. The van der Waals surface area contributed by atoms with Crippen LogP contribution >= 0.6 is 0 Å². The Morgan fingerprint density at radius 2 is 0.818 bits per heavy atom. The van der Waals surface area contributed by atoms with Crippen LogP contribution in [0, 0.1) is 0 Å². The number of carboxylic acid groups (broad SMARTS) is 4. The summed E-state index contributed by atoms with van der Waals surface area (Å²) in [5, 5.41) is 27.9. The van der Waals surface area contributed by atoms with E-state index < -0.39 is 12.3 Å². The van der Waals surface area contributed by atoms with Crippen molar-refractivity contribution in [2.45, 2.75) is 0 Å². The molecule has 6 nitrogen and oxygen atoms in total. The standard InChI is InChI=1S/C2H4.2CH2O3.Li.H/c1-2;2*2-1(3)4;;/h1-2H2;2*(H2,2,3,4);;. The third-order valence-corrected chi connectivity index (χ3v) is 0. The van der Waals surface area contributed by atoms with E-state index in [0.29, 0.717) is 0 Å². The minimum atomic E-state index is -1.83. The van der Waals surface area contributed by atoms with Crippen molar-refractivity contribution < 1.29 is 30.0 Å². The molecule has 0 aromatic heterocycles. The van der Waals surface area contributed by atoms with Gasteiger partial charge in [0.1, 0.15) is 0 Å². The first-order valence-corrected chi connectivity index (χ1v) is 1.80. The zero-order valence-electron chi connectivity index (χ0n) is 5.02. The molecule has 0 saturated heterocycles. The van der Waals surface area contributed by atoms with E-state index in [9.17, 15) is 0 Å². The molecule has 0 fully saturated rings. The first-order chi connectivity index (χ1) is 4.46. The monoisotopic (exact) mass is 160 g/mol. The Bertz CT molecular complexity index is 82.8. The predicted octanol–water partition coefficient (Wildman–Crippen LogP) is 0.598. The summed E-state index contributed by atoms with van der Waals surface area (Å²) >= 11 is 0. The molecule has 0 aliphatic heterocycles. The van der Waals surface area contributed by atoms with Gasteiger partial charge in [-0.3, -0.25) is 0 Å². The van der Waals surface area contributed by atoms with Gasteiger partial charge >= 0.3 is 31.2 Å². The van der Waals surface area contributed by atoms with Gasteiger partial charge in [0.2, 0.25) is 0 Å². The second kappa shape index (κ2) is 23.2. The van der Waals surface area contributed by atoms with Crippen LogP contribution < -0.4 is 0 Å². The molecule has 0 aliphatic carbocycles. The fraction of sp³-hybridized carbons (Fsp3) is 0. The van der Waals surface area contributed by atoms with Gasteiger partial charge in [0.15, 0.2) is 0 Å². The van der Waals surface area contributed by atoms with E-state index in [1.165, 1.54) is 0 Å². The minimum absolute atomic E-state index is 0. The molecule has 11 heavy (non-hydrogen) atoms. The molecule has 0 amide bonds. The number of hydrogen-bond donors (Lipinski definition) is 4. The molecule has 0 heterocycles. The third-order valence-electron chi connectivity index (χ3n) is 0. The van der Waals surface area contributed by atoms with Crippen LogP contribution in [0.15, 0.2) is 13.2 Å². The zero-order valence-corrected chi connectivity index (χ0v) is 5.02. The van der Waals surface area contributed by atoms with Crippen molar-refractivity contribution in [2.24, 2.45) is 0 Å². The van der Waals surface area contributed by atoms with Crippen molar-refractivity contribution in [3.05, 3.63) is 13.2 Å². The number of hydrogen-bond acceptors (Lipinski definition) is 2. The predicted molar refractivity (Wildman–Crippen MR) is 39.7 cm³/mol. The van der Waals surface area contributed by atoms with Crippen molar-refractivity contribution in [2.75, 3.05) is 0 Å². The van der Waals surface area contributed by atoms with Gasteiger partial charge in [-0.25, -0.2) is 9.59 Å². The molecule has 0 rings (SSSR count). The van der Waals surface area contributed by atoms with Gasteiger partial charge in [-0.2, -0.15) is 0 Å². The molecule has 0 saturated carbocycles. The van der Waals surface area contributed by atoms with Gasteiger partial charge in [-0.15, -0.1) is 13.2 Å². The van der Waals surface area contributed by atoms with E-state index in [1.54, 1.807) is 0 Å². The van der Waals surface area contributed by atoms with Crippen LogP contribution in [0.1, 0.15) is 0 Å². The Morgan fingerprint density at radius 1 is 0.818 bits per heavy atom. The molecule has 0 bridgehead atoms. The first kappa shape index (κ1) is 22.5. The molecule has 7 heteroatoms. The van der Waals surface area contributed by atoms with Crippen LogP contribution in [0.2, 0.25) is 0 Å². The Balaban J connectivity index is -0.0000000339. The second-order valence-corrected chi connectivity index (χ2v) is 0.565. The Hall–Kier alpha value is -1.12. The molecule has 0 spiro atoms. The van der Waals surface area contributed by atoms with E-state index in [0.717, 1.165) is 0 Å². The average molecular weight is 160 g/mol. The van der Waals surface area contributed by atoms with Gasteiger partial charge in [-0.1, -0.05) is 0 Å². The Labute approximate surface area is 75.0 Å². The maximum atomic E-state index is 8.56. The molecular weight excluding hydrogens is 151 g/mol. The van der Waals surface area contributed by atoms with Crippen LogP contribution in [0.25, 0.3) is 0 Å². The summed E-state index contributed by atoms with van der Waals surface area (Å²) in [4.78, 5) is 17.1. The molecule has 0 aromatic rings. The topological polar surface area (TPSA) is 115 Å². The molecule has 62 valence electrons. The second-order valence-electron chi connectivity index (χ2n) is 0.565. The third kappa shape index (κ3) is 333. The van der Waals surface area contributed by atoms with Crippen LogP contribution in [0.4, 0.5) is 9.59 Å². The fourth-order valence-corrected chi connectivity index (χ4v) is 0. The molecule has 0 unspecified atom stereocenters. The van der Waals surface area contributed by atoms with E-state index >= 15 is 0 Å². The number of carbonyl (C=O) groups is 2. The summed E-state index contributed by atoms with van der Waals surface area (Å²) in [7, 11) is 0. The summed E-state index contributed by atoms with van der Waals surface area (Å²) < 4.78 is 0. The van der Waals surface area contributed by atoms with Gasteiger partial charge in [0.25, 0.3) is 0 Å². The van der Waals surface area contributed by atoms with E-state index in [-0.39, 0.29) is 18.9 Å². The quantitative estimate of drug-likeness (QED) is 0.304. The molecule has 0 atom stereocenters. The van der Waals surface area contributed by atoms with Crippen molar-refractivity contribution >= 4 is 31.2 Å². The average Bonchev–Trinajstić information content (AvgIpc) is 1.66. The molecular formula is C4H9LiO6. The van der Waals surface area contributed by atoms with Crippen LogP contribution in [-0.2, 0) is 0 Å². The van der Waals surface area contributed by atoms with Crippen molar-refractivity contribution in [1.82, 2.24) is 0 Å². The molecule has 0 aliphatic rings. The van der Waals surface area contributed by atoms with Crippen LogP contribution in [0.5, 0.6) is 0 Å². The van der Waals surface area contributed by atoms with Crippen LogP contribution in [0.3, 0.4) is 0 Å². The van der Waals surface area contributed by atoms with Crippen LogP contribution in [-0.4, -0.2) is 51.6 Å². The molecule has 0 radical (unpaired) electrons. The SMILES string of the molecule is C=C.O=C(O)O.O=C(O)O.[LiH]. The summed E-state index contributed by atoms with van der Waals surface area (Å²) in [6.07, 6.45) is -3.67. The molecule has 4 N–H and O–H groups in total. The fourth-order valence-electron chi connectivity index (χ4n) is 0. The van der Waals surface area contributed by atoms with Gasteiger partial charge in [-0.05, 0) is 0 Å². The maximum absolute atomic E-state index is 8.56. The summed E-state index contributed by atoms with van der Waals surface area (Å²) in [6, 6.07) is 0. The first-order valence-electron chi connectivity index (χ1n) is 1.80. The van der Waals surface area contributed by atoms with E-state index in [2.05, 4.69) is 13.2 Å².